The van der Waals surface area contributed by atoms with E-state index in [2.05, 4.69) is 0 Å². The van der Waals surface area contributed by atoms with E-state index in [0.29, 0.717) is 18.1 Å². The molecule has 0 aliphatic carbocycles. The number of methoxy groups -OCH3 is 1. The summed E-state index contributed by atoms with van der Waals surface area (Å²) in [6, 6.07) is 14.7. The molecule has 1 atom stereocenters. The molecule has 2 rings (SSSR count). The Hall–Kier alpha value is -2.20. The van der Waals surface area contributed by atoms with E-state index in [1.165, 1.54) is 0 Å². The molecule has 0 amide bonds. The number of para-hydroxylation sites is 2. The summed E-state index contributed by atoms with van der Waals surface area (Å²) >= 11 is 0. The van der Waals surface area contributed by atoms with E-state index in [1.807, 2.05) is 55.5 Å². The molecular weight excluding hydrogens is 268 g/mol. The Kier molecular flexibility index (Phi) is 5.46. The molecule has 0 aliphatic rings. The Morgan fingerprint density at radius 3 is 2.14 bits per heavy atom. The van der Waals surface area contributed by atoms with Crippen LogP contribution in [0.2, 0.25) is 0 Å². The normalized spacial score (nSPS) is 11.8. The molecule has 0 saturated carbocycles. The van der Waals surface area contributed by atoms with Gasteiger partial charge in [-0.05, 0) is 36.8 Å². The third kappa shape index (κ3) is 4.13. The zero-order valence-electron chi connectivity index (χ0n) is 12.3. The topological polar surface area (TPSA) is 47.9 Å². The summed E-state index contributed by atoms with van der Waals surface area (Å²) < 4.78 is 16.2. The van der Waals surface area contributed by atoms with Gasteiger partial charge in [0.2, 0.25) is 0 Å². The van der Waals surface area contributed by atoms with Crippen molar-refractivity contribution in [3.05, 3.63) is 54.1 Å². The van der Waals surface area contributed by atoms with E-state index in [4.69, 9.17) is 14.2 Å². The first-order valence-electron chi connectivity index (χ1n) is 6.91. The standard InChI is InChI=1S/C17H20O4/c1-3-20-16-6-4-5-7-17(16)21-12-15(18)13-8-10-14(19-2)11-9-13/h4-11,15,18H,3,12H2,1-2H3. The molecule has 0 fully saturated rings. The lowest BCUT2D eigenvalue weighted by atomic mass is 10.1. The SMILES string of the molecule is CCOc1ccccc1OCC(O)c1ccc(OC)cc1. The second-order valence-corrected chi connectivity index (χ2v) is 4.48. The lowest BCUT2D eigenvalue weighted by Gasteiger charge is -2.15. The Morgan fingerprint density at radius 2 is 1.57 bits per heavy atom. The molecule has 1 unspecified atom stereocenters. The van der Waals surface area contributed by atoms with Gasteiger partial charge in [0.05, 0.1) is 13.7 Å². The van der Waals surface area contributed by atoms with Crippen LogP contribution in [0.5, 0.6) is 17.2 Å². The van der Waals surface area contributed by atoms with Crippen molar-refractivity contribution >= 4 is 0 Å². The van der Waals surface area contributed by atoms with Crippen LogP contribution in [-0.4, -0.2) is 25.4 Å². The molecule has 4 nitrogen and oxygen atoms in total. The quantitative estimate of drug-likeness (QED) is 0.850. The third-order valence-corrected chi connectivity index (χ3v) is 3.05. The van der Waals surface area contributed by atoms with Crippen LogP contribution in [0.25, 0.3) is 0 Å². The largest absolute Gasteiger partial charge is 0.497 e. The fraction of sp³-hybridized carbons (Fsp3) is 0.294. The third-order valence-electron chi connectivity index (χ3n) is 3.05. The first-order chi connectivity index (χ1) is 10.2. The monoisotopic (exact) mass is 288 g/mol. The number of benzene rings is 2. The first kappa shape index (κ1) is 15.2. The summed E-state index contributed by atoms with van der Waals surface area (Å²) in [5.74, 6) is 2.07. The Balaban J connectivity index is 1.98. The van der Waals surface area contributed by atoms with Crippen LogP contribution in [0.3, 0.4) is 0 Å². The molecule has 0 spiro atoms. The van der Waals surface area contributed by atoms with Crippen molar-refractivity contribution in [3.8, 4) is 17.2 Å². The number of rotatable bonds is 7. The molecule has 0 aromatic heterocycles. The van der Waals surface area contributed by atoms with Gasteiger partial charge in [0, 0.05) is 0 Å². The van der Waals surface area contributed by atoms with Gasteiger partial charge in [-0.1, -0.05) is 24.3 Å². The molecule has 1 N–H and O–H groups in total. The van der Waals surface area contributed by atoms with Gasteiger partial charge in [-0.15, -0.1) is 0 Å². The van der Waals surface area contributed by atoms with E-state index in [1.54, 1.807) is 7.11 Å². The maximum Gasteiger partial charge on any atom is 0.161 e. The molecule has 4 heteroatoms. The van der Waals surface area contributed by atoms with Crippen molar-refractivity contribution in [2.45, 2.75) is 13.0 Å². The van der Waals surface area contributed by atoms with Gasteiger partial charge in [0.15, 0.2) is 11.5 Å². The molecule has 21 heavy (non-hydrogen) atoms. The second kappa shape index (κ2) is 7.55. The van der Waals surface area contributed by atoms with Crippen LogP contribution in [0.1, 0.15) is 18.6 Å². The van der Waals surface area contributed by atoms with E-state index in [-0.39, 0.29) is 6.61 Å². The van der Waals surface area contributed by atoms with Gasteiger partial charge in [-0.3, -0.25) is 0 Å². The van der Waals surface area contributed by atoms with Gasteiger partial charge < -0.3 is 19.3 Å². The van der Waals surface area contributed by atoms with Gasteiger partial charge >= 0.3 is 0 Å². The van der Waals surface area contributed by atoms with Crippen LogP contribution in [0.15, 0.2) is 48.5 Å². The zero-order chi connectivity index (χ0) is 15.1. The van der Waals surface area contributed by atoms with E-state index in [9.17, 15) is 5.11 Å². The smallest absolute Gasteiger partial charge is 0.161 e. The number of hydrogen-bond acceptors (Lipinski definition) is 4. The summed E-state index contributed by atoms with van der Waals surface area (Å²) in [6.07, 6.45) is -0.703. The molecule has 0 bridgehead atoms. The van der Waals surface area contributed by atoms with Crippen LogP contribution in [0.4, 0.5) is 0 Å². The average Bonchev–Trinajstić information content (AvgIpc) is 2.54. The molecule has 2 aromatic rings. The maximum absolute atomic E-state index is 10.2. The molecule has 112 valence electrons. The van der Waals surface area contributed by atoms with Crippen LogP contribution in [0, 0.1) is 0 Å². The molecule has 0 aliphatic heterocycles. The minimum Gasteiger partial charge on any atom is -0.497 e. The van der Waals surface area contributed by atoms with Crippen molar-refractivity contribution in [1.29, 1.82) is 0 Å². The highest BCUT2D eigenvalue weighted by atomic mass is 16.5. The van der Waals surface area contributed by atoms with E-state index >= 15 is 0 Å². The van der Waals surface area contributed by atoms with Gasteiger partial charge in [-0.25, -0.2) is 0 Å². The lowest BCUT2D eigenvalue weighted by Crippen LogP contribution is -2.10. The highest BCUT2D eigenvalue weighted by Crippen LogP contribution is 2.27. The zero-order valence-corrected chi connectivity index (χ0v) is 12.3. The molecule has 2 aromatic carbocycles. The van der Waals surface area contributed by atoms with Crippen LogP contribution in [-0.2, 0) is 0 Å². The highest BCUT2D eigenvalue weighted by Gasteiger charge is 2.10. The molecular formula is C17H20O4. The van der Waals surface area contributed by atoms with Gasteiger partial charge in [0.25, 0.3) is 0 Å². The van der Waals surface area contributed by atoms with Crippen molar-refractivity contribution in [2.75, 3.05) is 20.3 Å². The number of ether oxygens (including phenoxy) is 3. The summed E-state index contributed by atoms with van der Waals surface area (Å²) in [6.45, 7) is 2.65. The molecule has 0 saturated heterocycles. The average molecular weight is 288 g/mol. The second-order valence-electron chi connectivity index (χ2n) is 4.48. The Morgan fingerprint density at radius 1 is 0.952 bits per heavy atom. The summed E-state index contributed by atoms with van der Waals surface area (Å²) in [7, 11) is 1.61. The molecule has 0 heterocycles. The van der Waals surface area contributed by atoms with Crippen LogP contribution < -0.4 is 14.2 Å². The maximum atomic E-state index is 10.2. The van der Waals surface area contributed by atoms with Crippen molar-refractivity contribution in [3.63, 3.8) is 0 Å². The number of aliphatic hydroxyl groups is 1. The van der Waals surface area contributed by atoms with E-state index in [0.717, 1.165) is 11.3 Å². The van der Waals surface area contributed by atoms with Crippen molar-refractivity contribution in [1.82, 2.24) is 0 Å². The number of aliphatic hydroxyl groups excluding tert-OH is 1. The predicted octanol–water partition coefficient (Wildman–Crippen LogP) is 3.21. The summed E-state index contributed by atoms with van der Waals surface area (Å²) in [4.78, 5) is 0. The summed E-state index contributed by atoms with van der Waals surface area (Å²) in [5.41, 5.74) is 0.782. The van der Waals surface area contributed by atoms with Crippen molar-refractivity contribution in [2.24, 2.45) is 0 Å². The Labute approximate surface area is 124 Å². The fourth-order valence-electron chi connectivity index (χ4n) is 1.94. The first-order valence-corrected chi connectivity index (χ1v) is 6.91. The minimum atomic E-state index is -0.703. The summed E-state index contributed by atoms with van der Waals surface area (Å²) in [5, 5.41) is 10.2. The number of hydrogen-bond donors (Lipinski definition) is 1. The highest BCUT2D eigenvalue weighted by molar-refractivity contribution is 5.39. The van der Waals surface area contributed by atoms with Gasteiger partial charge in [0.1, 0.15) is 18.5 Å². The van der Waals surface area contributed by atoms with E-state index < -0.39 is 6.10 Å². The van der Waals surface area contributed by atoms with Gasteiger partial charge in [-0.2, -0.15) is 0 Å². The molecule has 0 radical (unpaired) electrons. The lowest BCUT2D eigenvalue weighted by molar-refractivity contribution is 0.106. The Bertz CT molecular complexity index is 551. The predicted molar refractivity (Wildman–Crippen MR) is 81.1 cm³/mol. The fourth-order valence-corrected chi connectivity index (χ4v) is 1.94. The van der Waals surface area contributed by atoms with Crippen LogP contribution >= 0.6 is 0 Å². The minimum absolute atomic E-state index is 0.163. The van der Waals surface area contributed by atoms with Crippen molar-refractivity contribution < 1.29 is 19.3 Å².